The zero-order valence-corrected chi connectivity index (χ0v) is 10.6. The first-order chi connectivity index (χ1) is 8.70. The van der Waals surface area contributed by atoms with E-state index in [1.54, 1.807) is 6.07 Å². The van der Waals surface area contributed by atoms with E-state index in [1.165, 1.54) is 0 Å². The molecule has 1 aromatic heterocycles. The SMILES string of the molecule is CCc1cc(Cl)c(O)c2nc3ccccc3nc12. The summed E-state index contributed by atoms with van der Waals surface area (Å²) in [5.41, 5.74) is 3.76. The molecule has 0 unspecified atom stereocenters. The third-order valence-corrected chi connectivity index (χ3v) is 3.30. The van der Waals surface area contributed by atoms with Gasteiger partial charge in [0.25, 0.3) is 0 Å². The maximum Gasteiger partial charge on any atom is 0.162 e. The molecule has 0 aliphatic rings. The van der Waals surface area contributed by atoms with Crippen LogP contribution < -0.4 is 0 Å². The largest absolute Gasteiger partial charge is 0.504 e. The lowest BCUT2D eigenvalue weighted by Crippen LogP contribution is -1.93. The van der Waals surface area contributed by atoms with Crippen LogP contribution in [0.15, 0.2) is 30.3 Å². The summed E-state index contributed by atoms with van der Waals surface area (Å²) in [6.07, 6.45) is 0.795. The number of hydrogen-bond acceptors (Lipinski definition) is 3. The summed E-state index contributed by atoms with van der Waals surface area (Å²) < 4.78 is 0. The highest BCUT2D eigenvalue weighted by Crippen LogP contribution is 2.34. The number of phenols is 1. The van der Waals surface area contributed by atoms with Crippen molar-refractivity contribution in [1.29, 1.82) is 0 Å². The van der Waals surface area contributed by atoms with Gasteiger partial charge < -0.3 is 5.11 Å². The van der Waals surface area contributed by atoms with E-state index < -0.39 is 0 Å². The molecule has 0 atom stereocenters. The van der Waals surface area contributed by atoms with Gasteiger partial charge in [-0.2, -0.15) is 0 Å². The minimum absolute atomic E-state index is 0.00196. The molecule has 3 rings (SSSR count). The van der Waals surface area contributed by atoms with E-state index in [4.69, 9.17) is 11.6 Å². The van der Waals surface area contributed by atoms with Gasteiger partial charge in [0, 0.05) is 0 Å². The number of para-hydroxylation sites is 2. The first-order valence-electron chi connectivity index (χ1n) is 5.77. The third-order valence-electron chi connectivity index (χ3n) is 3.01. The van der Waals surface area contributed by atoms with E-state index in [9.17, 15) is 5.11 Å². The Morgan fingerprint density at radius 2 is 1.72 bits per heavy atom. The summed E-state index contributed by atoms with van der Waals surface area (Å²) in [5, 5.41) is 10.3. The Balaban J connectivity index is 2.52. The Hall–Kier alpha value is -1.87. The molecular formula is C14H11ClN2O. The molecule has 0 saturated carbocycles. The maximum absolute atomic E-state index is 10.0. The monoisotopic (exact) mass is 258 g/mol. The van der Waals surface area contributed by atoms with Crippen molar-refractivity contribution in [1.82, 2.24) is 9.97 Å². The molecule has 0 saturated heterocycles. The van der Waals surface area contributed by atoms with E-state index in [1.807, 2.05) is 31.2 Å². The van der Waals surface area contributed by atoms with Crippen LogP contribution in [-0.2, 0) is 6.42 Å². The molecule has 0 spiro atoms. The molecule has 18 heavy (non-hydrogen) atoms. The summed E-state index contributed by atoms with van der Waals surface area (Å²) in [7, 11) is 0. The van der Waals surface area contributed by atoms with Crippen molar-refractivity contribution in [3.63, 3.8) is 0 Å². The van der Waals surface area contributed by atoms with E-state index in [0.717, 1.165) is 28.5 Å². The summed E-state index contributed by atoms with van der Waals surface area (Å²) >= 11 is 6.00. The average molecular weight is 259 g/mol. The molecule has 0 radical (unpaired) electrons. The molecule has 3 nitrogen and oxygen atoms in total. The van der Waals surface area contributed by atoms with Crippen LogP contribution in [0.4, 0.5) is 0 Å². The number of hydrogen-bond donors (Lipinski definition) is 1. The third kappa shape index (κ3) is 1.59. The number of fused-ring (bicyclic) bond motifs is 2. The summed E-state index contributed by atoms with van der Waals surface area (Å²) in [6, 6.07) is 9.35. The molecule has 0 bridgehead atoms. The Labute approximate surface area is 109 Å². The smallest absolute Gasteiger partial charge is 0.162 e. The molecule has 0 amide bonds. The van der Waals surface area contributed by atoms with Gasteiger partial charge >= 0.3 is 0 Å². The molecule has 1 N–H and O–H groups in total. The molecule has 0 aliphatic carbocycles. The van der Waals surface area contributed by atoms with Crippen LogP contribution in [0.2, 0.25) is 5.02 Å². The first kappa shape index (κ1) is 11.2. The van der Waals surface area contributed by atoms with Crippen molar-refractivity contribution in [2.75, 3.05) is 0 Å². The summed E-state index contributed by atoms with van der Waals surface area (Å²) in [6.45, 7) is 2.03. The number of nitrogens with zero attached hydrogens (tertiary/aromatic N) is 2. The normalized spacial score (nSPS) is 11.2. The molecule has 2 aromatic carbocycles. The van der Waals surface area contributed by atoms with Gasteiger partial charge in [0.2, 0.25) is 0 Å². The van der Waals surface area contributed by atoms with Crippen LogP contribution in [0.25, 0.3) is 22.1 Å². The summed E-state index contributed by atoms with van der Waals surface area (Å²) in [4.78, 5) is 9.02. The van der Waals surface area contributed by atoms with Crippen molar-refractivity contribution in [2.24, 2.45) is 0 Å². The van der Waals surface area contributed by atoms with Crippen molar-refractivity contribution in [2.45, 2.75) is 13.3 Å². The maximum atomic E-state index is 10.0. The first-order valence-corrected chi connectivity index (χ1v) is 6.15. The van der Waals surface area contributed by atoms with E-state index in [2.05, 4.69) is 9.97 Å². The minimum atomic E-state index is 0.00196. The molecule has 1 heterocycles. The fourth-order valence-corrected chi connectivity index (χ4v) is 2.28. The Morgan fingerprint density at radius 1 is 1.11 bits per heavy atom. The predicted molar refractivity (Wildman–Crippen MR) is 73.1 cm³/mol. The predicted octanol–water partition coefficient (Wildman–Crippen LogP) is 3.70. The van der Waals surface area contributed by atoms with E-state index in [0.29, 0.717) is 10.5 Å². The average Bonchev–Trinajstić information content (AvgIpc) is 2.41. The van der Waals surface area contributed by atoms with Gasteiger partial charge in [0.15, 0.2) is 5.75 Å². The lowest BCUT2D eigenvalue weighted by atomic mass is 10.1. The van der Waals surface area contributed by atoms with Crippen molar-refractivity contribution >= 4 is 33.7 Å². The number of rotatable bonds is 1. The number of halogens is 1. The fourth-order valence-electron chi connectivity index (χ4n) is 2.06. The highest BCUT2D eigenvalue weighted by atomic mass is 35.5. The highest BCUT2D eigenvalue weighted by Gasteiger charge is 2.12. The second kappa shape index (κ2) is 4.10. The van der Waals surface area contributed by atoms with Gasteiger partial charge in [-0.05, 0) is 30.2 Å². The molecule has 4 heteroatoms. The van der Waals surface area contributed by atoms with Gasteiger partial charge in [-0.1, -0.05) is 30.7 Å². The lowest BCUT2D eigenvalue weighted by Gasteiger charge is -2.08. The standard InChI is InChI=1S/C14H11ClN2O/c1-2-8-7-9(15)14(18)13-12(8)16-10-5-3-4-6-11(10)17-13/h3-7,18H,2H2,1H3. The lowest BCUT2D eigenvalue weighted by molar-refractivity contribution is 0.480. The number of aromatic nitrogens is 2. The van der Waals surface area contributed by atoms with Crippen LogP contribution in [-0.4, -0.2) is 15.1 Å². The second-order valence-corrected chi connectivity index (χ2v) is 4.54. The topological polar surface area (TPSA) is 46.0 Å². The van der Waals surface area contributed by atoms with Crippen LogP contribution in [0.1, 0.15) is 12.5 Å². The van der Waals surface area contributed by atoms with Gasteiger partial charge in [-0.3, -0.25) is 0 Å². The minimum Gasteiger partial charge on any atom is -0.504 e. The summed E-state index contributed by atoms with van der Waals surface area (Å²) in [5.74, 6) is 0.00196. The zero-order valence-electron chi connectivity index (χ0n) is 9.81. The van der Waals surface area contributed by atoms with Crippen molar-refractivity contribution in [3.05, 3.63) is 40.9 Å². The second-order valence-electron chi connectivity index (χ2n) is 4.13. The van der Waals surface area contributed by atoms with Gasteiger partial charge in [-0.15, -0.1) is 0 Å². The van der Waals surface area contributed by atoms with Crippen LogP contribution in [0, 0.1) is 0 Å². The van der Waals surface area contributed by atoms with Crippen molar-refractivity contribution < 1.29 is 5.11 Å². The highest BCUT2D eigenvalue weighted by molar-refractivity contribution is 6.33. The molecule has 3 aromatic rings. The fraction of sp³-hybridized carbons (Fsp3) is 0.143. The van der Waals surface area contributed by atoms with Gasteiger partial charge in [0.05, 0.1) is 21.6 Å². The number of aryl methyl sites for hydroxylation is 1. The van der Waals surface area contributed by atoms with E-state index in [-0.39, 0.29) is 5.75 Å². The van der Waals surface area contributed by atoms with Crippen molar-refractivity contribution in [3.8, 4) is 5.75 Å². The molecule has 0 fully saturated rings. The molecular weight excluding hydrogens is 248 g/mol. The number of phenolic OH excluding ortho intramolecular Hbond substituents is 1. The number of aromatic hydroxyl groups is 1. The van der Waals surface area contributed by atoms with Crippen LogP contribution in [0.5, 0.6) is 5.75 Å². The Kier molecular flexibility index (Phi) is 2.56. The van der Waals surface area contributed by atoms with Gasteiger partial charge in [0.1, 0.15) is 5.52 Å². The van der Waals surface area contributed by atoms with Crippen LogP contribution in [0.3, 0.4) is 0 Å². The van der Waals surface area contributed by atoms with E-state index >= 15 is 0 Å². The Bertz CT molecular complexity index is 755. The molecule has 90 valence electrons. The Morgan fingerprint density at radius 3 is 2.33 bits per heavy atom. The van der Waals surface area contributed by atoms with Crippen LogP contribution >= 0.6 is 11.6 Å². The number of benzene rings is 2. The van der Waals surface area contributed by atoms with Gasteiger partial charge in [-0.25, -0.2) is 9.97 Å². The zero-order chi connectivity index (χ0) is 12.7. The molecule has 0 aliphatic heterocycles. The quantitative estimate of drug-likeness (QED) is 0.677.